The van der Waals surface area contributed by atoms with Gasteiger partial charge < -0.3 is 15.2 Å². The molecule has 1 aliphatic heterocycles. The van der Waals surface area contributed by atoms with Gasteiger partial charge in [-0.1, -0.05) is 36.4 Å². The molecule has 0 atom stereocenters. The van der Waals surface area contributed by atoms with Crippen molar-refractivity contribution >= 4 is 34.0 Å². The zero-order valence-corrected chi connectivity index (χ0v) is 24.9. The molecule has 0 fully saturated rings. The molecule has 0 spiro atoms. The van der Waals surface area contributed by atoms with E-state index >= 15 is 0 Å². The lowest BCUT2D eigenvalue weighted by molar-refractivity contribution is 0.0893. The average Bonchev–Trinajstić information content (AvgIpc) is 3.08. The molecular weight excluding hydrogens is 566 g/mol. The molecule has 2 amide bonds. The Hall–Kier alpha value is -4.96. The molecule has 3 aromatic carbocycles. The standard InChI is InChI=1S/C36H35N5O4/c42-21-23-45-22-19-39-33-15-14-32-34-30(33)8-5-9-31(34)35(43)41(36(32)44)29-12-10-26(11-13-29)16-20-40(24-27-6-1-3-17-37-27)25-28-7-2-4-18-38-28/h1-15,17-18,39,42H,16,19-25H2. The highest BCUT2D eigenvalue weighted by Crippen LogP contribution is 2.36. The third-order valence-corrected chi connectivity index (χ3v) is 7.84. The Morgan fingerprint density at radius 3 is 2.09 bits per heavy atom. The molecule has 0 bridgehead atoms. The summed E-state index contributed by atoms with van der Waals surface area (Å²) in [6.07, 6.45) is 4.40. The number of aromatic nitrogens is 2. The molecule has 9 nitrogen and oxygen atoms in total. The van der Waals surface area contributed by atoms with Gasteiger partial charge in [-0.15, -0.1) is 0 Å². The van der Waals surface area contributed by atoms with Gasteiger partial charge in [0.15, 0.2) is 0 Å². The first-order valence-corrected chi connectivity index (χ1v) is 15.1. The third-order valence-electron chi connectivity index (χ3n) is 7.84. The van der Waals surface area contributed by atoms with Gasteiger partial charge in [-0.05, 0) is 66.6 Å². The van der Waals surface area contributed by atoms with Crippen LogP contribution in [0.25, 0.3) is 10.8 Å². The average molecular weight is 602 g/mol. The van der Waals surface area contributed by atoms with Crippen molar-refractivity contribution < 1.29 is 19.4 Å². The number of ether oxygens (including phenoxy) is 1. The van der Waals surface area contributed by atoms with Gasteiger partial charge in [0.25, 0.3) is 11.8 Å². The van der Waals surface area contributed by atoms with E-state index < -0.39 is 0 Å². The Kier molecular flexibility index (Phi) is 9.50. The van der Waals surface area contributed by atoms with Gasteiger partial charge >= 0.3 is 0 Å². The number of aliphatic hydroxyl groups excluding tert-OH is 1. The van der Waals surface area contributed by atoms with Crippen molar-refractivity contribution in [1.29, 1.82) is 0 Å². The number of amides is 2. The summed E-state index contributed by atoms with van der Waals surface area (Å²) < 4.78 is 5.34. The lowest BCUT2D eigenvalue weighted by Crippen LogP contribution is -2.40. The van der Waals surface area contributed by atoms with E-state index in [1.54, 1.807) is 12.1 Å². The van der Waals surface area contributed by atoms with Crippen molar-refractivity contribution in [2.24, 2.45) is 0 Å². The first-order chi connectivity index (χ1) is 22.1. The van der Waals surface area contributed by atoms with Gasteiger partial charge in [0, 0.05) is 66.2 Å². The van der Waals surface area contributed by atoms with E-state index in [9.17, 15) is 9.59 Å². The highest BCUT2D eigenvalue weighted by Gasteiger charge is 2.34. The summed E-state index contributed by atoms with van der Waals surface area (Å²) in [6, 6.07) is 28.7. The zero-order chi connectivity index (χ0) is 31.0. The van der Waals surface area contributed by atoms with Crippen LogP contribution in [0.5, 0.6) is 0 Å². The first kappa shape index (κ1) is 30.1. The Morgan fingerprint density at radius 1 is 0.756 bits per heavy atom. The van der Waals surface area contributed by atoms with Crippen LogP contribution >= 0.6 is 0 Å². The van der Waals surface area contributed by atoms with Gasteiger partial charge in [-0.2, -0.15) is 0 Å². The predicted octanol–water partition coefficient (Wildman–Crippen LogP) is 5.10. The van der Waals surface area contributed by atoms with Crippen molar-refractivity contribution in [3.8, 4) is 0 Å². The fraction of sp³-hybridized carbons (Fsp3) is 0.222. The van der Waals surface area contributed by atoms with Crippen LogP contribution in [0.3, 0.4) is 0 Å². The topological polar surface area (TPSA) is 108 Å². The van der Waals surface area contributed by atoms with E-state index in [1.807, 2.05) is 91.3 Å². The number of hydrogen-bond donors (Lipinski definition) is 2. The van der Waals surface area contributed by atoms with Crippen LogP contribution in [0.4, 0.5) is 11.4 Å². The Labute approximate surface area is 262 Å². The molecular formula is C36H35N5O4. The Bertz CT molecular complexity index is 1700. The molecule has 228 valence electrons. The summed E-state index contributed by atoms with van der Waals surface area (Å²) in [6.45, 7) is 3.40. The second-order valence-electron chi connectivity index (χ2n) is 10.9. The van der Waals surface area contributed by atoms with Gasteiger partial charge in [0.2, 0.25) is 0 Å². The smallest absolute Gasteiger partial charge is 0.265 e. The normalized spacial score (nSPS) is 12.7. The highest BCUT2D eigenvalue weighted by molar-refractivity contribution is 6.36. The quantitative estimate of drug-likeness (QED) is 0.134. The summed E-state index contributed by atoms with van der Waals surface area (Å²) in [4.78, 5) is 40.0. The van der Waals surface area contributed by atoms with Gasteiger partial charge in [0.1, 0.15) is 0 Å². The number of pyridine rings is 2. The van der Waals surface area contributed by atoms with Crippen LogP contribution in [-0.4, -0.2) is 64.7 Å². The van der Waals surface area contributed by atoms with E-state index in [1.165, 1.54) is 4.90 Å². The number of carbonyl (C=O) groups is 2. The molecule has 0 aliphatic carbocycles. The molecule has 0 radical (unpaired) electrons. The van der Waals surface area contributed by atoms with E-state index in [2.05, 4.69) is 20.2 Å². The van der Waals surface area contributed by atoms with Crippen LogP contribution in [0.2, 0.25) is 0 Å². The second kappa shape index (κ2) is 14.2. The molecule has 9 heteroatoms. The molecule has 6 rings (SSSR count). The lowest BCUT2D eigenvalue weighted by Gasteiger charge is -2.28. The number of anilines is 2. The highest BCUT2D eigenvalue weighted by atomic mass is 16.5. The maximum atomic E-state index is 13.7. The molecule has 45 heavy (non-hydrogen) atoms. The summed E-state index contributed by atoms with van der Waals surface area (Å²) in [5, 5.41) is 13.7. The van der Waals surface area contributed by atoms with Crippen LogP contribution < -0.4 is 10.2 Å². The molecule has 0 saturated heterocycles. The molecule has 5 aromatic rings. The molecule has 0 saturated carbocycles. The van der Waals surface area contributed by atoms with Gasteiger partial charge in [-0.3, -0.25) is 24.5 Å². The van der Waals surface area contributed by atoms with Gasteiger partial charge in [-0.25, -0.2) is 4.90 Å². The summed E-state index contributed by atoms with van der Waals surface area (Å²) in [7, 11) is 0. The maximum absolute atomic E-state index is 13.7. The van der Waals surface area contributed by atoms with Crippen LogP contribution in [0, 0.1) is 0 Å². The Balaban J connectivity index is 1.16. The molecule has 0 unspecified atom stereocenters. The van der Waals surface area contributed by atoms with Crippen molar-refractivity contribution in [3.05, 3.63) is 131 Å². The van der Waals surface area contributed by atoms with E-state index in [4.69, 9.17) is 9.84 Å². The van der Waals surface area contributed by atoms with Crippen LogP contribution in [0.1, 0.15) is 37.7 Å². The number of nitrogens with zero attached hydrogens (tertiary/aromatic N) is 4. The molecule has 1 aliphatic rings. The summed E-state index contributed by atoms with van der Waals surface area (Å²) in [5.41, 5.74) is 5.44. The van der Waals surface area contributed by atoms with Crippen molar-refractivity contribution in [1.82, 2.24) is 14.9 Å². The SMILES string of the molecule is O=C1c2cccc3c(NCCOCCO)ccc(c23)C(=O)N1c1ccc(CCN(Cc2ccccn2)Cc2ccccn2)cc1. The number of rotatable bonds is 14. The maximum Gasteiger partial charge on any atom is 0.265 e. The monoisotopic (exact) mass is 601 g/mol. The number of imide groups is 1. The lowest BCUT2D eigenvalue weighted by atomic mass is 9.92. The molecule has 2 N–H and O–H groups in total. The van der Waals surface area contributed by atoms with E-state index in [-0.39, 0.29) is 25.0 Å². The van der Waals surface area contributed by atoms with Gasteiger partial charge in [0.05, 0.1) is 36.9 Å². The van der Waals surface area contributed by atoms with Crippen LogP contribution in [-0.2, 0) is 24.2 Å². The number of aliphatic hydroxyl groups is 1. The molecule has 2 aromatic heterocycles. The predicted molar refractivity (Wildman–Crippen MR) is 174 cm³/mol. The first-order valence-electron chi connectivity index (χ1n) is 15.1. The van der Waals surface area contributed by atoms with E-state index in [0.717, 1.165) is 41.0 Å². The third kappa shape index (κ3) is 6.91. The number of nitrogens with one attached hydrogen (secondary N) is 1. The molecule has 3 heterocycles. The minimum Gasteiger partial charge on any atom is -0.394 e. The van der Waals surface area contributed by atoms with Crippen LogP contribution in [0.15, 0.2) is 103 Å². The van der Waals surface area contributed by atoms with E-state index in [0.29, 0.717) is 48.4 Å². The number of carbonyl (C=O) groups excluding carboxylic acids is 2. The minimum atomic E-state index is -0.342. The van der Waals surface area contributed by atoms with Crippen molar-refractivity contribution in [3.63, 3.8) is 0 Å². The minimum absolute atomic E-state index is 0.0254. The largest absolute Gasteiger partial charge is 0.394 e. The summed E-state index contributed by atoms with van der Waals surface area (Å²) >= 11 is 0. The number of hydrogen-bond acceptors (Lipinski definition) is 8. The zero-order valence-electron chi connectivity index (χ0n) is 24.9. The second-order valence-corrected chi connectivity index (χ2v) is 10.9. The summed E-state index contributed by atoms with van der Waals surface area (Å²) in [5.74, 6) is -0.683. The van der Waals surface area contributed by atoms with Crippen molar-refractivity contribution in [2.75, 3.05) is 43.1 Å². The fourth-order valence-corrected chi connectivity index (χ4v) is 5.66. The fourth-order valence-electron chi connectivity index (χ4n) is 5.66. The van der Waals surface area contributed by atoms with Crippen molar-refractivity contribution in [2.45, 2.75) is 19.5 Å². The Morgan fingerprint density at radius 2 is 1.44 bits per heavy atom. The number of benzene rings is 3.